The van der Waals surface area contributed by atoms with Gasteiger partial charge in [-0.3, -0.25) is 0 Å². The van der Waals surface area contributed by atoms with E-state index in [4.69, 9.17) is 0 Å². The van der Waals surface area contributed by atoms with Crippen molar-refractivity contribution in [2.24, 2.45) is 0 Å². The lowest BCUT2D eigenvalue weighted by molar-refractivity contribution is 1.45. The molecule has 5 heteroatoms. The standard InChI is InChI=1S/C14H32SSi4/c1-16(2,3)19(17(4,5)6,18(7,8)9)13-14-11-10-12-15-14/h10-12H,13H2,1-9H3. The van der Waals surface area contributed by atoms with Crippen molar-refractivity contribution in [2.75, 3.05) is 0 Å². The first-order valence-corrected chi connectivity index (χ1v) is 23.9. The maximum absolute atomic E-state index is 2.68. The van der Waals surface area contributed by atoms with E-state index in [9.17, 15) is 0 Å². The molecule has 0 nitrogen and oxygen atoms in total. The fraction of sp³-hybridized carbons (Fsp3) is 0.714. The fourth-order valence-electron chi connectivity index (χ4n) is 4.85. The van der Waals surface area contributed by atoms with Crippen molar-refractivity contribution >= 4 is 40.7 Å². The van der Waals surface area contributed by atoms with Crippen LogP contribution < -0.4 is 0 Å². The molecule has 1 aromatic rings. The molecule has 0 aliphatic carbocycles. The fourth-order valence-corrected chi connectivity index (χ4v) is 104. The second-order valence-electron chi connectivity index (χ2n) is 8.91. The van der Waals surface area contributed by atoms with Crippen LogP contribution in [-0.4, -0.2) is 29.4 Å². The van der Waals surface area contributed by atoms with Crippen molar-refractivity contribution in [3.63, 3.8) is 0 Å². The summed E-state index contributed by atoms with van der Waals surface area (Å²) in [5, 5.41) is 2.27. The first kappa shape index (κ1) is 17.6. The molecule has 1 rings (SSSR count). The quantitative estimate of drug-likeness (QED) is 0.616. The summed E-state index contributed by atoms with van der Waals surface area (Å²) in [5.41, 5.74) is 0. The van der Waals surface area contributed by atoms with Gasteiger partial charge < -0.3 is 0 Å². The van der Waals surface area contributed by atoms with Crippen LogP contribution in [0.25, 0.3) is 0 Å². The molecule has 0 fully saturated rings. The molecule has 0 aliphatic heterocycles. The summed E-state index contributed by atoms with van der Waals surface area (Å²) in [6.45, 7) is 23.0. The van der Waals surface area contributed by atoms with Gasteiger partial charge >= 0.3 is 0 Å². The van der Waals surface area contributed by atoms with Crippen molar-refractivity contribution in [1.82, 2.24) is 0 Å². The summed E-state index contributed by atoms with van der Waals surface area (Å²) >= 11 is 2.00. The maximum Gasteiger partial charge on any atom is 0.0430 e. The van der Waals surface area contributed by atoms with Crippen LogP contribution in [0, 0.1) is 0 Å². The van der Waals surface area contributed by atoms with Gasteiger partial charge in [0, 0.05) is 34.3 Å². The molecule has 0 N–H and O–H groups in total. The van der Waals surface area contributed by atoms with Crippen molar-refractivity contribution < 1.29 is 0 Å². The molecule has 0 amide bonds. The normalized spacial score (nSPS) is 14.8. The van der Waals surface area contributed by atoms with Crippen LogP contribution >= 0.6 is 11.3 Å². The Morgan fingerprint density at radius 2 is 1.21 bits per heavy atom. The second-order valence-corrected chi connectivity index (χ2v) is 51.3. The summed E-state index contributed by atoms with van der Waals surface area (Å²) in [5.74, 6) is 0. The van der Waals surface area contributed by atoms with E-state index in [1.165, 1.54) is 6.04 Å². The molecular weight excluding hydrogens is 313 g/mol. The topological polar surface area (TPSA) is 0 Å². The molecule has 0 bridgehead atoms. The van der Waals surface area contributed by atoms with Gasteiger partial charge in [-0.15, -0.1) is 11.3 Å². The van der Waals surface area contributed by atoms with Gasteiger partial charge in [0.2, 0.25) is 0 Å². The highest BCUT2D eigenvalue weighted by molar-refractivity contribution is 7.89. The Morgan fingerprint density at radius 3 is 1.47 bits per heavy atom. The van der Waals surface area contributed by atoms with E-state index in [0.717, 1.165) is 0 Å². The molecule has 0 saturated heterocycles. The van der Waals surface area contributed by atoms with Crippen LogP contribution in [0.3, 0.4) is 0 Å². The van der Waals surface area contributed by atoms with Gasteiger partial charge in [0.1, 0.15) is 0 Å². The maximum atomic E-state index is 2.68. The lowest BCUT2D eigenvalue weighted by Gasteiger charge is -2.57. The minimum Gasteiger partial charge on any atom is -0.149 e. The molecule has 0 radical (unpaired) electrons. The highest BCUT2D eigenvalue weighted by Crippen LogP contribution is 2.39. The average molecular weight is 345 g/mol. The van der Waals surface area contributed by atoms with Gasteiger partial charge in [-0.05, 0) is 17.5 Å². The first-order valence-electron chi connectivity index (χ1n) is 7.35. The minimum absolute atomic E-state index is 1.09. The molecule has 0 unspecified atom stereocenters. The summed E-state index contributed by atoms with van der Waals surface area (Å²) in [4.78, 5) is 1.68. The summed E-state index contributed by atoms with van der Waals surface area (Å²) in [6, 6.07) is 6.14. The zero-order valence-electron chi connectivity index (χ0n) is 14.3. The van der Waals surface area contributed by atoms with E-state index in [1.54, 1.807) is 4.88 Å². The van der Waals surface area contributed by atoms with Crippen molar-refractivity contribution in [1.29, 1.82) is 0 Å². The first-order chi connectivity index (χ1) is 8.33. The zero-order valence-corrected chi connectivity index (χ0v) is 19.2. The zero-order chi connectivity index (χ0) is 15.1. The van der Waals surface area contributed by atoms with Crippen LogP contribution in [0.15, 0.2) is 17.5 Å². The van der Waals surface area contributed by atoms with E-state index in [0.29, 0.717) is 0 Å². The molecule has 0 saturated carbocycles. The van der Waals surface area contributed by atoms with E-state index >= 15 is 0 Å². The lowest BCUT2D eigenvalue weighted by Crippen LogP contribution is -2.83. The van der Waals surface area contributed by atoms with Crippen molar-refractivity contribution in [3.8, 4) is 0 Å². The third-order valence-electron chi connectivity index (χ3n) is 4.86. The smallest absolute Gasteiger partial charge is 0.0430 e. The molecule has 19 heavy (non-hydrogen) atoms. The molecule has 0 spiro atoms. The van der Waals surface area contributed by atoms with Gasteiger partial charge in [0.05, 0.1) is 0 Å². The highest BCUT2D eigenvalue weighted by atomic mass is 32.1. The summed E-state index contributed by atoms with van der Waals surface area (Å²) in [6.07, 6.45) is 0. The third kappa shape index (κ3) is 3.26. The van der Waals surface area contributed by atoms with E-state index in [1.807, 2.05) is 11.3 Å². The van der Waals surface area contributed by atoms with Crippen LogP contribution in [0.5, 0.6) is 0 Å². The number of thiophene rings is 1. The molecule has 0 atom stereocenters. The monoisotopic (exact) mass is 344 g/mol. The van der Waals surface area contributed by atoms with Gasteiger partial charge in [0.15, 0.2) is 0 Å². The summed E-state index contributed by atoms with van der Waals surface area (Å²) in [7, 11) is -3.28. The lowest BCUT2D eigenvalue weighted by atomic mass is 10.5. The molecule has 0 aromatic carbocycles. The van der Waals surface area contributed by atoms with E-state index in [2.05, 4.69) is 76.4 Å². The molecular formula is C14H32SSi4. The van der Waals surface area contributed by atoms with Gasteiger partial charge in [-0.25, -0.2) is 0 Å². The molecule has 0 aliphatic rings. The predicted octanol–water partition coefficient (Wildman–Crippen LogP) is 5.53. The van der Waals surface area contributed by atoms with Crippen LogP contribution in [-0.2, 0) is 6.04 Å². The Hall–Kier alpha value is 0.568. The Kier molecular flexibility index (Phi) is 5.01. The molecule has 110 valence electrons. The van der Waals surface area contributed by atoms with Crippen molar-refractivity contribution in [3.05, 3.63) is 22.4 Å². The van der Waals surface area contributed by atoms with Crippen molar-refractivity contribution in [2.45, 2.75) is 65.0 Å². The largest absolute Gasteiger partial charge is 0.149 e. The Balaban J connectivity index is 3.45. The third-order valence-corrected chi connectivity index (χ3v) is 79.7. The minimum atomic E-state index is -1.18. The summed E-state index contributed by atoms with van der Waals surface area (Å²) < 4.78 is 0. The van der Waals surface area contributed by atoms with E-state index in [-0.39, 0.29) is 0 Å². The average Bonchev–Trinajstić information content (AvgIpc) is 2.59. The SMILES string of the molecule is C[Si](C)(C)[Si](Cc1cccs1)([Si](C)(C)C)[Si](C)(C)C. The Morgan fingerprint density at radius 1 is 0.789 bits per heavy atom. The van der Waals surface area contributed by atoms with E-state index < -0.39 is 29.4 Å². The van der Waals surface area contributed by atoms with Gasteiger partial charge in [-0.2, -0.15) is 0 Å². The highest BCUT2D eigenvalue weighted by Gasteiger charge is 2.61. The Labute approximate surface area is 128 Å². The Bertz CT molecular complexity index is 368. The second kappa shape index (κ2) is 5.40. The molecule has 1 heterocycles. The van der Waals surface area contributed by atoms with Crippen LogP contribution in [0.4, 0.5) is 0 Å². The predicted molar refractivity (Wildman–Crippen MR) is 104 cm³/mol. The number of rotatable bonds is 5. The van der Waals surface area contributed by atoms with Gasteiger partial charge in [-0.1, -0.05) is 65.0 Å². The number of hydrogen-bond acceptors (Lipinski definition) is 1. The number of hydrogen-bond donors (Lipinski definition) is 0. The van der Waals surface area contributed by atoms with Crippen LogP contribution in [0.2, 0.25) is 58.9 Å². The molecule has 1 aromatic heterocycles. The van der Waals surface area contributed by atoms with Crippen LogP contribution in [0.1, 0.15) is 4.88 Å². The van der Waals surface area contributed by atoms with Gasteiger partial charge in [0.25, 0.3) is 0 Å².